The molecule has 38 heavy (non-hydrogen) atoms. The molecule has 1 fully saturated rings. The molecule has 0 aromatic heterocycles. The maximum absolute atomic E-state index is 12.5. The molecular weight excluding hydrogens is 492 g/mol. The lowest BCUT2D eigenvalue weighted by Crippen LogP contribution is -2.68. The summed E-state index contributed by atoms with van der Waals surface area (Å²) < 4.78 is 19.1. The van der Waals surface area contributed by atoms with Crippen LogP contribution in [0, 0.1) is 5.92 Å². The molecule has 0 saturated heterocycles. The van der Waals surface area contributed by atoms with Crippen LogP contribution in [0.1, 0.15) is 64.4 Å². The van der Waals surface area contributed by atoms with Crippen molar-refractivity contribution in [2.45, 2.75) is 63.8 Å². The SMILES string of the molecule is COc1cc(C(C(=O)O)C2CCCCC2)cc(OC)c1O[Si](c1ccccc1)(c1ccccc1)C(C)(C)C. The Hall–Kier alpha value is -3.25. The van der Waals surface area contributed by atoms with Gasteiger partial charge in [-0.15, -0.1) is 0 Å². The molecule has 0 bridgehead atoms. The molecule has 0 amide bonds. The summed E-state index contributed by atoms with van der Waals surface area (Å²) in [6.45, 7) is 6.65. The van der Waals surface area contributed by atoms with Gasteiger partial charge in [0.25, 0.3) is 0 Å². The molecule has 0 aliphatic heterocycles. The van der Waals surface area contributed by atoms with Crippen LogP contribution in [0.3, 0.4) is 0 Å². The van der Waals surface area contributed by atoms with Gasteiger partial charge in [-0.25, -0.2) is 0 Å². The molecule has 1 aliphatic rings. The smallest absolute Gasteiger partial charge is 0.320 e. The topological polar surface area (TPSA) is 65.0 Å². The molecule has 1 atom stereocenters. The first-order valence-electron chi connectivity index (χ1n) is 13.5. The molecule has 1 saturated carbocycles. The fourth-order valence-electron chi connectivity index (χ4n) is 6.07. The highest BCUT2D eigenvalue weighted by molar-refractivity contribution is 7.00. The Labute approximate surface area is 227 Å². The number of rotatable bonds is 9. The van der Waals surface area contributed by atoms with Crippen molar-refractivity contribution in [1.29, 1.82) is 0 Å². The van der Waals surface area contributed by atoms with E-state index in [1.807, 2.05) is 48.5 Å². The monoisotopic (exact) mass is 532 g/mol. The van der Waals surface area contributed by atoms with E-state index in [9.17, 15) is 9.90 Å². The summed E-state index contributed by atoms with van der Waals surface area (Å²) in [5, 5.41) is 12.3. The van der Waals surface area contributed by atoms with Crippen LogP contribution in [0.2, 0.25) is 5.04 Å². The molecule has 1 N–H and O–H groups in total. The minimum absolute atomic E-state index is 0.0964. The van der Waals surface area contributed by atoms with Crippen LogP contribution < -0.4 is 24.3 Å². The summed E-state index contributed by atoms with van der Waals surface area (Å²) in [6.07, 6.45) is 5.14. The van der Waals surface area contributed by atoms with E-state index in [1.165, 1.54) is 6.42 Å². The minimum Gasteiger partial charge on any atom is -0.529 e. The van der Waals surface area contributed by atoms with Crippen LogP contribution in [-0.2, 0) is 4.79 Å². The highest BCUT2D eigenvalue weighted by Crippen LogP contribution is 2.47. The number of hydrogen-bond acceptors (Lipinski definition) is 4. The second-order valence-corrected chi connectivity index (χ2v) is 15.5. The first-order valence-corrected chi connectivity index (χ1v) is 15.4. The maximum Gasteiger partial charge on any atom is 0.320 e. The number of carboxylic acid groups (broad SMARTS) is 1. The lowest BCUT2D eigenvalue weighted by molar-refractivity contribution is -0.140. The fourth-order valence-corrected chi connectivity index (χ4v) is 10.5. The molecule has 5 nitrogen and oxygen atoms in total. The van der Waals surface area contributed by atoms with Crippen LogP contribution in [-0.4, -0.2) is 33.6 Å². The summed E-state index contributed by atoms with van der Waals surface area (Å²) in [7, 11) is 0.248. The van der Waals surface area contributed by atoms with E-state index in [0.717, 1.165) is 36.1 Å². The number of carboxylic acids is 1. The number of aliphatic carboxylic acids is 1. The minimum atomic E-state index is -2.96. The Balaban J connectivity index is 1.91. The van der Waals surface area contributed by atoms with Gasteiger partial charge in [0.1, 0.15) is 0 Å². The van der Waals surface area contributed by atoms with Crippen molar-refractivity contribution in [3.8, 4) is 17.2 Å². The molecule has 0 spiro atoms. The number of methoxy groups -OCH3 is 2. The predicted octanol–water partition coefficient (Wildman–Crippen LogP) is 6.39. The molecule has 1 aliphatic carbocycles. The van der Waals surface area contributed by atoms with Gasteiger partial charge >= 0.3 is 14.3 Å². The Morgan fingerprint density at radius 2 is 1.32 bits per heavy atom. The Morgan fingerprint density at radius 3 is 1.71 bits per heavy atom. The number of carbonyl (C=O) groups is 1. The average Bonchev–Trinajstić information content (AvgIpc) is 2.92. The molecule has 3 aromatic rings. The Kier molecular flexibility index (Phi) is 8.51. The standard InChI is InChI=1S/C32H40O5Si/c1-32(2,3)38(25-17-11-7-12-18-25,26-19-13-8-14-20-26)37-30-27(35-4)21-24(22-28(30)36-5)29(31(33)34)23-15-9-6-10-16-23/h7-8,11-14,17-23,29H,6,9-10,15-16H2,1-5H3,(H,33,34). The van der Waals surface area contributed by atoms with Gasteiger partial charge in [-0.1, -0.05) is 101 Å². The molecule has 0 heterocycles. The lowest BCUT2D eigenvalue weighted by Gasteiger charge is -2.43. The summed E-state index contributed by atoms with van der Waals surface area (Å²) in [4.78, 5) is 12.5. The average molecular weight is 533 g/mol. The molecule has 202 valence electrons. The number of hydrogen-bond donors (Lipinski definition) is 1. The Bertz CT molecular complexity index is 1150. The first kappa shape index (κ1) is 27.8. The van der Waals surface area contributed by atoms with Crippen molar-refractivity contribution in [2.75, 3.05) is 14.2 Å². The molecule has 0 radical (unpaired) electrons. The zero-order valence-corrected chi connectivity index (χ0v) is 24.2. The van der Waals surface area contributed by atoms with Crippen LogP contribution in [0.5, 0.6) is 17.2 Å². The zero-order chi connectivity index (χ0) is 27.3. The predicted molar refractivity (Wildman–Crippen MR) is 155 cm³/mol. The molecular formula is C32H40O5Si. The van der Waals surface area contributed by atoms with Gasteiger partial charge < -0.3 is 19.0 Å². The number of ether oxygens (including phenoxy) is 2. The van der Waals surface area contributed by atoms with Gasteiger partial charge in [-0.2, -0.15) is 0 Å². The molecule has 4 rings (SSSR count). The summed E-state index contributed by atoms with van der Waals surface area (Å²) in [5.74, 6) is 0.186. The number of benzene rings is 3. The molecule has 6 heteroatoms. The van der Waals surface area contributed by atoms with Crippen molar-refractivity contribution in [3.63, 3.8) is 0 Å². The summed E-state index contributed by atoms with van der Waals surface area (Å²) in [5.41, 5.74) is 0.702. The second-order valence-electron chi connectivity index (χ2n) is 11.2. The normalized spacial score (nSPS) is 15.5. The van der Waals surface area contributed by atoms with Gasteiger partial charge in [0, 0.05) is 0 Å². The fraction of sp³-hybridized carbons (Fsp3) is 0.406. The van der Waals surface area contributed by atoms with Crippen LogP contribution in [0.4, 0.5) is 0 Å². The quantitative estimate of drug-likeness (QED) is 0.324. The third kappa shape index (κ3) is 5.32. The summed E-state index contributed by atoms with van der Waals surface area (Å²) in [6, 6.07) is 24.5. The third-order valence-electron chi connectivity index (χ3n) is 7.90. The molecule has 1 unspecified atom stereocenters. The first-order chi connectivity index (χ1) is 18.2. The maximum atomic E-state index is 12.5. The second kappa shape index (κ2) is 11.6. The zero-order valence-electron chi connectivity index (χ0n) is 23.2. The van der Waals surface area contributed by atoms with E-state index in [4.69, 9.17) is 13.9 Å². The van der Waals surface area contributed by atoms with Crippen molar-refractivity contribution in [2.24, 2.45) is 5.92 Å². The highest BCUT2D eigenvalue weighted by atomic mass is 28.4. The van der Waals surface area contributed by atoms with E-state index in [0.29, 0.717) is 22.8 Å². The van der Waals surface area contributed by atoms with E-state index >= 15 is 0 Å². The van der Waals surface area contributed by atoms with E-state index < -0.39 is 20.2 Å². The van der Waals surface area contributed by atoms with E-state index in [2.05, 4.69) is 45.0 Å². The third-order valence-corrected chi connectivity index (χ3v) is 12.8. The van der Waals surface area contributed by atoms with E-state index in [1.54, 1.807) is 14.2 Å². The van der Waals surface area contributed by atoms with Crippen molar-refractivity contribution in [1.82, 2.24) is 0 Å². The van der Waals surface area contributed by atoms with Crippen molar-refractivity contribution >= 4 is 24.7 Å². The van der Waals surface area contributed by atoms with Crippen molar-refractivity contribution in [3.05, 3.63) is 78.4 Å². The Morgan fingerprint density at radius 1 is 0.842 bits per heavy atom. The highest BCUT2D eigenvalue weighted by Gasteiger charge is 2.53. The lowest BCUT2D eigenvalue weighted by atomic mass is 9.76. The van der Waals surface area contributed by atoms with Crippen LogP contribution in [0.15, 0.2) is 72.8 Å². The molecule has 3 aromatic carbocycles. The van der Waals surface area contributed by atoms with Crippen LogP contribution >= 0.6 is 0 Å². The van der Waals surface area contributed by atoms with Crippen LogP contribution in [0.25, 0.3) is 0 Å². The largest absolute Gasteiger partial charge is 0.529 e. The van der Waals surface area contributed by atoms with Gasteiger partial charge in [-0.05, 0) is 51.9 Å². The van der Waals surface area contributed by atoms with Crippen molar-refractivity contribution < 1.29 is 23.8 Å². The van der Waals surface area contributed by atoms with Gasteiger partial charge in [0.05, 0.1) is 20.1 Å². The summed E-state index contributed by atoms with van der Waals surface area (Å²) >= 11 is 0. The van der Waals surface area contributed by atoms with Gasteiger partial charge in [-0.3, -0.25) is 4.79 Å². The van der Waals surface area contributed by atoms with Gasteiger partial charge in [0.2, 0.25) is 0 Å². The van der Waals surface area contributed by atoms with Gasteiger partial charge in [0.15, 0.2) is 17.2 Å². The van der Waals surface area contributed by atoms with E-state index in [-0.39, 0.29) is 11.0 Å².